The molecular formula is C20H21N3O5. The Labute approximate surface area is 162 Å². The van der Waals surface area contributed by atoms with Crippen molar-refractivity contribution < 1.29 is 28.5 Å². The fraction of sp³-hybridized carbons (Fsp3) is 0.250. The van der Waals surface area contributed by atoms with Crippen LogP contribution < -0.4 is 24.0 Å². The van der Waals surface area contributed by atoms with E-state index in [0.29, 0.717) is 18.0 Å². The Morgan fingerprint density at radius 3 is 2.46 bits per heavy atom. The molecule has 28 heavy (non-hydrogen) atoms. The molecule has 0 saturated carbocycles. The quantitative estimate of drug-likeness (QED) is 0.334. The van der Waals surface area contributed by atoms with E-state index >= 15 is 0 Å². The van der Waals surface area contributed by atoms with Crippen LogP contribution in [0.15, 0.2) is 58.2 Å². The van der Waals surface area contributed by atoms with Crippen molar-refractivity contribution in [3.63, 3.8) is 0 Å². The van der Waals surface area contributed by atoms with Crippen LogP contribution in [0.3, 0.4) is 0 Å². The predicted molar refractivity (Wildman–Crippen MR) is 99.1 cm³/mol. The van der Waals surface area contributed by atoms with Gasteiger partial charge in [-0.15, -0.1) is 0 Å². The van der Waals surface area contributed by atoms with Crippen molar-refractivity contribution >= 4 is 11.8 Å². The Kier molecular flexibility index (Phi) is 6.11. The molecule has 0 radical (unpaired) electrons. The lowest BCUT2D eigenvalue weighted by molar-refractivity contribution is -0.761. The Balaban J connectivity index is 1.79. The predicted octanol–water partition coefficient (Wildman–Crippen LogP) is 1.67. The number of nitrogens with zero attached hydrogens (tertiary/aromatic N) is 3. The van der Waals surface area contributed by atoms with Gasteiger partial charge >= 0.3 is 5.88 Å². The Bertz CT molecular complexity index is 954. The van der Waals surface area contributed by atoms with Crippen molar-refractivity contribution in [2.75, 3.05) is 21.3 Å². The summed E-state index contributed by atoms with van der Waals surface area (Å²) in [4.78, 5) is 3.98. The topological polar surface area (TPSA) is 93.0 Å². The molecule has 0 N–H and O–H groups in total. The third-order valence-electron chi connectivity index (χ3n) is 4.12. The van der Waals surface area contributed by atoms with E-state index in [-0.39, 0.29) is 17.2 Å². The standard InChI is InChI=1S/C20H21N3O5/c1-25-16-10-9-15(18(26-2)19(16)27-3)20(24)21-17-13-23(22-28-17)12-11-14-7-5-4-6-8-14/h4-10,13H,11-12H2,1-3H3. The van der Waals surface area contributed by atoms with Crippen molar-refractivity contribution in [3.8, 4) is 17.2 Å². The highest BCUT2D eigenvalue weighted by molar-refractivity contribution is 5.96. The minimum absolute atomic E-state index is 0.106. The highest BCUT2D eigenvalue weighted by Gasteiger charge is 2.17. The fourth-order valence-electron chi connectivity index (χ4n) is 2.74. The second-order valence-corrected chi connectivity index (χ2v) is 5.84. The van der Waals surface area contributed by atoms with E-state index in [2.05, 4.69) is 10.3 Å². The summed E-state index contributed by atoms with van der Waals surface area (Å²) in [6.45, 7) is 0.608. The van der Waals surface area contributed by atoms with Crippen LogP contribution in [0.4, 0.5) is 5.88 Å². The summed E-state index contributed by atoms with van der Waals surface area (Å²) in [6.07, 6.45) is 2.36. The normalized spacial score (nSPS) is 11.3. The first-order valence-corrected chi connectivity index (χ1v) is 8.61. The Morgan fingerprint density at radius 1 is 1.04 bits per heavy atom. The first-order chi connectivity index (χ1) is 13.7. The zero-order valence-electron chi connectivity index (χ0n) is 15.9. The van der Waals surface area contributed by atoms with Gasteiger partial charge in [0.05, 0.1) is 21.3 Å². The lowest BCUT2D eigenvalue weighted by Crippen LogP contribution is -2.35. The highest BCUT2D eigenvalue weighted by atomic mass is 16.5. The summed E-state index contributed by atoms with van der Waals surface area (Å²) in [5.74, 6) is 0.585. The number of rotatable bonds is 8. The van der Waals surface area contributed by atoms with E-state index in [1.54, 1.807) is 23.0 Å². The molecule has 0 aliphatic rings. The van der Waals surface area contributed by atoms with E-state index in [1.807, 2.05) is 30.3 Å². The van der Waals surface area contributed by atoms with Gasteiger partial charge in [0.15, 0.2) is 18.0 Å². The minimum atomic E-state index is -0.538. The van der Waals surface area contributed by atoms with Gasteiger partial charge in [0.2, 0.25) is 11.0 Å². The van der Waals surface area contributed by atoms with E-state index in [0.717, 1.165) is 6.42 Å². The van der Waals surface area contributed by atoms with Crippen molar-refractivity contribution in [2.45, 2.75) is 13.0 Å². The molecular weight excluding hydrogens is 362 g/mol. The summed E-state index contributed by atoms with van der Waals surface area (Å²) < 4.78 is 22.6. The number of hydrogen-bond donors (Lipinski definition) is 0. The molecule has 0 fully saturated rings. The largest absolute Gasteiger partial charge is 0.858 e. The first-order valence-electron chi connectivity index (χ1n) is 8.61. The number of aryl methyl sites for hydroxylation is 2. The number of aliphatic imine (C=N–C) groups is 1. The molecule has 146 valence electrons. The van der Waals surface area contributed by atoms with Gasteiger partial charge in [0, 0.05) is 17.9 Å². The molecule has 0 bridgehead atoms. The third kappa shape index (κ3) is 4.22. The number of benzene rings is 2. The van der Waals surface area contributed by atoms with Crippen LogP contribution in [0, 0.1) is 0 Å². The summed E-state index contributed by atoms with van der Waals surface area (Å²) in [6, 6.07) is 13.2. The molecule has 0 unspecified atom stereocenters. The molecule has 0 aliphatic heterocycles. The summed E-state index contributed by atoms with van der Waals surface area (Å²) in [7, 11) is 4.42. The maximum Gasteiger partial charge on any atom is 0.320 e. The third-order valence-corrected chi connectivity index (χ3v) is 4.12. The average molecular weight is 383 g/mol. The van der Waals surface area contributed by atoms with E-state index in [1.165, 1.54) is 26.9 Å². The van der Waals surface area contributed by atoms with Gasteiger partial charge in [0.1, 0.15) is 0 Å². The molecule has 2 aromatic carbocycles. The van der Waals surface area contributed by atoms with Crippen LogP contribution in [0.2, 0.25) is 0 Å². The van der Waals surface area contributed by atoms with Crippen LogP contribution in [0.5, 0.6) is 17.2 Å². The van der Waals surface area contributed by atoms with E-state index in [4.69, 9.17) is 18.7 Å². The second kappa shape index (κ2) is 8.90. The molecule has 3 rings (SSSR count). The molecule has 3 aromatic rings. The first kappa shape index (κ1) is 19.2. The van der Waals surface area contributed by atoms with E-state index < -0.39 is 5.90 Å². The maximum absolute atomic E-state index is 12.6. The van der Waals surface area contributed by atoms with Crippen molar-refractivity contribution in [1.29, 1.82) is 0 Å². The van der Waals surface area contributed by atoms with Crippen LogP contribution in [0.25, 0.3) is 0 Å². The maximum atomic E-state index is 12.6. The number of ether oxygens (including phenoxy) is 3. The number of aromatic nitrogens is 2. The van der Waals surface area contributed by atoms with Gasteiger partial charge in [-0.1, -0.05) is 35.0 Å². The summed E-state index contributed by atoms with van der Waals surface area (Å²) in [5, 5.41) is 16.5. The molecule has 8 heteroatoms. The zero-order chi connectivity index (χ0) is 19.9. The molecule has 0 aliphatic carbocycles. The summed E-state index contributed by atoms with van der Waals surface area (Å²) >= 11 is 0. The van der Waals surface area contributed by atoms with Crippen molar-refractivity contribution in [3.05, 3.63) is 59.8 Å². The van der Waals surface area contributed by atoms with Gasteiger partial charge in [-0.3, -0.25) is 4.52 Å². The highest BCUT2D eigenvalue weighted by Crippen LogP contribution is 2.39. The van der Waals surface area contributed by atoms with Crippen molar-refractivity contribution in [1.82, 2.24) is 5.27 Å². The summed E-state index contributed by atoms with van der Waals surface area (Å²) in [5.41, 5.74) is 1.41. The second-order valence-electron chi connectivity index (χ2n) is 5.84. The molecule has 0 saturated heterocycles. The average Bonchev–Trinajstić information content (AvgIpc) is 3.18. The molecule has 8 nitrogen and oxygen atoms in total. The zero-order valence-corrected chi connectivity index (χ0v) is 15.9. The smallest absolute Gasteiger partial charge is 0.320 e. The van der Waals surface area contributed by atoms with Gasteiger partial charge in [-0.2, -0.15) is 0 Å². The van der Waals surface area contributed by atoms with Crippen molar-refractivity contribution in [2.24, 2.45) is 4.99 Å². The molecule has 1 heterocycles. The molecule has 0 atom stereocenters. The fourth-order valence-corrected chi connectivity index (χ4v) is 2.74. The van der Waals surface area contributed by atoms with Gasteiger partial charge in [-0.25, -0.2) is 4.99 Å². The lowest BCUT2D eigenvalue weighted by atomic mass is 10.1. The van der Waals surface area contributed by atoms with Crippen LogP contribution in [-0.2, 0) is 13.0 Å². The monoisotopic (exact) mass is 383 g/mol. The lowest BCUT2D eigenvalue weighted by Gasteiger charge is -2.18. The Hall–Kier alpha value is -3.55. The minimum Gasteiger partial charge on any atom is -0.858 e. The van der Waals surface area contributed by atoms with Gasteiger partial charge < -0.3 is 19.3 Å². The number of hydrogen-bond acceptors (Lipinski definition) is 7. The molecule has 1 aromatic heterocycles. The van der Waals surface area contributed by atoms with Crippen LogP contribution in [0.1, 0.15) is 11.1 Å². The number of methoxy groups -OCH3 is 3. The van der Waals surface area contributed by atoms with Crippen LogP contribution >= 0.6 is 0 Å². The molecule has 0 spiro atoms. The van der Waals surface area contributed by atoms with E-state index in [9.17, 15) is 5.11 Å². The molecule has 0 amide bonds. The Morgan fingerprint density at radius 2 is 1.79 bits per heavy atom. The van der Waals surface area contributed by atoms with Crippen LogP contribution in [-0.4, -0.2) is 32.5 Å². The SMILES string of the molecule is COc1ccc(/C([O-])=N/c2c[n+](CCc3ccccc3)no2)c(OC)c1OC. The van der Waals surface area contributed by atoms with Gasteiger partial charge in [0.25, 0.3) is 6.20 Å². The van der Waals surface area contributed by atoms with Gasteiger partial charge in [-0.05, 0) is 17.7 Å².